The first-order chi connectivity index (χ1) is 13.3. The summed E-state index contributed by atoms with van der Waals surface area (Å²) >= 11 is 0. The van der Waals surface area contributed by atoms with E-state index in [0.29, 0.717) is 28.9 Å². The molecule has 1 aromatic heterocycles. The van der Waals surface area contributed by atoms with Gasteiger partial charge >= 0.3 is 0 Å². The predicted octanol–water partition coefficient (Wildman–Crippen LogP) is 4.53. The van der Waals surface area contributed by atoms with Crippen LogP contribution in [-0.2, 0) is 0 Å². The highest BCUT2D eigenvalue weighted by atomic mass is 19.1. The molecule has 0 radical (unpaired) electrons. The highest BCUT2D eigenvalue weighted by Crippen LogP contribution is 2.36. The first-order valence-electron chi connectivity index (χ1n) is 9.33. The van der Waals surface area contributed by atoms with E-state index in [1.807, 2.05) is 31.4 Å². The third-order valence-corrected chi connectivity index (χ3v) is 4.88. The standard InChI is InChI=1S/C22H25FN4O/c1-5-26-22(28)20-16-10-18(25)14(11-24)9-19(16)27(21(20)12(2)3)15-6-7-17(23)13(4)8-15/h6-12,24H,5,25H2,1-4H3,(H,26,28). The Morgan fingerprint density at radius 1 is 1.32 bits per heavy atom. The van der Waals surface area contributed by atoms with Crippen LogP contribution < -0.4 is 11.1 Å². The van der Waals surface area contributed by atoms with Crippen LogP contribution in [0.5, 0.6) is 0 Å². The van der Waals surface area contributed by atoms with Crippen molar-refractivity contribution in [3.63, 3.8) is 0 Å². The molecule has 3 aromatic rings. The molecule has 0 aliphatic rings. The van der Waals surface area contributed by atoms with Crippen molar-refractivity contribution in [2.45, 2.75) is 33.6 Å². The van der Waals surface area contributed by atoms with E-state index < -0.39 is 0 Å². The number of nitrogen functional groups attached to an aromatic ring is 1. The molecule has 4 N–H and O–H groups in total. The first-order valence-corrected chi connectivity index (χ1v) is 9.33. The lowest BCUT2D eigenvalue weighted by Gasteiger charge is -2.16. The van der Waals surface area contributed by atoms with Gasteiger partial charge in [-0.2, -0.15) is 0 Å². The largest absolute Gasteiger partial charge is 0.398 e. The molecule has 1 amide bonds. The van der Waals surface area contributed by atoms with Gasteiger partial charge < -0.3 is 21.0 Å². The number of fused-ring (bicyclic) bond motifs is 1. The second-order valence-corrected chi connectivity index (χ2v) is 7.19. The van der Waals surface area contributed by atoms with Crippen LogP contribution in [0.25, 0.3) is 16.6 Å². The number of anilines is 1. The molecule has 2 aromatic carbocycles. The minimum Gasteiger partial charge on any atom is -0.398 e. The fourth-order valence-corrected chi connectivity index (χ4v) is 3.59. The van der Waals surface area contributed by atoms with E-state index in [4.69, 9.17) is 11.1 Å². The summed E-state index contributed by atoms with van der Waals surface area (Å²) in [6.07, 6.45) is 1.20. The number of rotatable bonds is 5. The maximum Gasteiger partial charge on any atom is 0.253 e. The lowest BCUT2D eigenvalue weighted by atomic mass is 10.0. The molecule has 0 spiro atoms. The van der Waals surface area contributed by atoms with Gasteiger partial charge in [-0.3, -0.25) is 4.79 Å². The zero-order valence-corrected chi connectivity index (χ0v) is 16.6. The Hall–Kier alpha value is -3.15. The number of carbonyl (C=O) groups is 1. The molecule has 3 rings (SSSR count). The maximum absolute atomic E-state index is 13.9. The van der Waals surface area contributed by atoms with Gasteiger partial charge in [-0.25, -0.2) is 4.39 Å². The molecule has 0 aliphatic heterocycles. The normalized spacial score (nSPS) is 11.2. The van der Waals surface area contributed by atoms with Gasteiger partial charge in [0.25, 0.3) is 5.91 Å². The van der Waals surface area contributed by atoms with E-state index in [1.54, 1.807) is 25.1 Å². The first kappa shape index (κ1) is 19.6. The van der Waals surface area contributed by atoms with Crippen molar-refractivity contribution in [2.75, 3.05) is 12.3 Å². The Morgan fingerprint density at radius 2 is 2.04 bits per heavy atom. The van der Waals surface area contributed by atoms with E-state index in [2.05, 4.69) is 5.32 Å². The van der Waals surface area contributed by atoms with E-state index in [1.165, 1.54) is 12.3 Å². The van der Waals surface area contributed by atoms with Crippen LogP contribution in [-0.4, -0.2) is 23.2 Å². The van der Waals surface area contributed by atoms with Crippen LogP contribution in [0.3, 0.4) is 0 Å². The summed E-state index contributed by atoms with van der Waals surface area (Å²) in [7, 11) is 0. The number of aryl methyl sites for hydroxylation is 1. The van der Waals surface area contributed by atoms with Gasteiger partial charge in [0.1, 0.15) is 5.82 Å². The van der Waals surface area contributed by atoms with Crippen molar-refractivity contribution in [3.8, 4) is 5.69 Å². The van der Waals surface area contributed by atoms with Crippen molar-refractivity contribution in [1.82, 2.24) is 9.88 Å². The molecule has 0 atom stereocenters. The fourth-order valence-electron chi connectivity index (χ4n) is 3.59. The van der Waals surface area contributed by atoms with Crippen LogP contribution in [0.2, 0.25) is 0 Å². The number of benzene rings is 2. The highest BCUT2D eigenvalue weighted by Gasteiger charge is 2.26. The SMILES string of the molecule is CCNC(=O)c1c(C(C)C)n(-c2ccc(F)c(C)c2)c2cc(C=N)c(N)cc12. The summed E-state index contributed by atoms with van der Waals surface area (Å²) in [6, 6.07) is 8.46. The van der Waals surface area contributed by atoms with Crippen LogP contribution in [0, 0.1) is 18.2 Å². The number of carbonyl (C=O) groups excluding carboxylic acids is 1. The topological polar surface area (TPSA) is 83.9 Å². The molecule has 0 bridgehead atoms. The van der Waals surface area contributed by atoms with Crippen LogP contribution in [0.4, 0.5) is 10.1 Å². The van der Waals surface area contributed by atoms with Gasteiger partial charge in [-0.05, 0) is 55.7 Å². The summed E-state index contributed by atoms with van der Waals surface area (Å²) in [5.41, 5.74) is 10.6. The Kier molecular flexibility index (Phi) is 5.23. The lowest BCUT2D eigenvalue weighted by molar-refractivity contribution is 0.0956. The number of nitrogens with one attached hydrogen (secondary N) is 2. The summed E-state index contributed by atoms with van der Waals surface area (Å²) in [5.74, 6) is -0.421. The smallest absolute Gasteiger partial charge is 0.253 e. The number of hydrogen-bond donors (Lipinski definition) is 3. The predicted molar refractivity (Wildman–Crippen MR) is 112 cm³/mol. The van der Waals surface area contributed by atoms with Crippen molar-refractivity contribution >= 4 is 28.7 Å². The van der Waals surface area contributed by atoms with E-state index in [-0.39, 0.29) is 17.6 Å². The molecule has 0 saturated heterocycles. The summed E-state index contributed by atoms with van der Waals surface area (Å²) < 4.78 is 15.8. The number of nitrogens with zero attached hydrogens (tertiary/aromatic N) is 1. The summed E-state index contributed by atoms with van der Waals surface area (Å²) in [4.78, 5) is 12.9. The van der Waals surface area contributed by atoms with Gasteiger partial charge in [0.05, 0.1) is 11.1 Å². The molecule has 28 heavy (non-hydrogen) atoms. The van der Waals surface area contributed by atoms with Crippen molar-refractivity contribution in [1.29, 1.82) is 5.41 Å². The number of hydrogen-bond acceptors (Lipinski definition) is 3. The number of nitrogens with two attached hydrogens (primary N) is 1. The van der Waals surface area contributed by atoms with Crippen LogP contribution in [0.1, 0.15) is 53.9 Å². The van der Waals surface area contributed by atoms with Crippen LogP contribution >= 0.6 is 0 Å². The minimum absolute atomic E-state index is 0.0278. The highest BCUT2D eigenvalue weighted by molar-refractivity contribution is 6.11. The van der Waals surface area contributed by atoms with E-state index in [9.17, 15) is 9.18 Å². The number of amides is 1. The molecule has 6 heteroatoms. The number of halogens is 1. The Morgan fingerprint density at radius 3 is 2.61 bits per heavy atom. The zero-order valence-electron chi connectivity index (χ0n) is 16.6. The lowest BCUT2D eigenvalue weighted by Crippen LogP contribution is -2.24. The van der Waals surface area contributed by atoms with Gasteiger partial charge in [0.15, 0.2) is 0 Å². The zero-order chi connectivity index (χ0) is 20.6. The van der Waals surface area contributed by atoms with Gasteiger partial charge in [-0.1, -0.05) is 13.8 Å². The third kappa shape index (κ3) is 3.15. The molecule has 0 saturated carbocycles. The quantitative estimate of drug-likeness (QED) is 0.449. The monoisotopic (exact) mass is 380 g/mol. The summed E-state index contributed by atoms with van der Waals surface area (Å²) in [6.45, 7) is 8.13. The van der Waals surface area contributed by atoms with Crippen molar-refractivity contribution in [2.24, 2.45) is 0 Å². The molecule has 5 nitrogen and oxygen atoms in total. The molecule has 146 valence electrons. The van der Waals surface area contributed by atoms with Crippen molar-refractivity contribution < 1.29 is 9.18 Å². The van der Waals surface area contributed by atoms with Crippen LogP contribution in [0.15, 0.2) is 30.3 Å². The second-order valence-electron chi connectivity index (χ2n) is 7.19. The number of aromatic nitrogens is 1. The average molecular weight is 380 g/mol. The van der Waals surface area contributed by atoms with Gasteiger partial charge in [-0.15, -0.1) is 0 Å². The Bertz CT molecular complexity index is 1080. The average Bonchev–Trinajstić information content (AvgIpc) is 2.97. The minimum atomic E-state index is -0.278. The van der Waals surface area contributed by atoms with Gasteiger partial charge in [0, 0.05) is 40.8 Å². The van der Waals surface area contributed by atoms with E-state index in [0.717, 1.165) is 22.3 Å². The van der Waals surface area contributed by atoms with Crippen molar-refractivity contribution in [3.05, 3.63) is 58.5 Å². The Balaban J connectivity index is 2.49. The second kappa shape index (κ2) is 7.46. The molecule has 1 heterocycles. The Labute approximate surface area is 163 Å². The molecular weight excluding hydrogens is 355 g/mol. The third-order valence-electron chi connectivity index (χ3n) is 4.88. The maximum atomic E-state index is 13.9. The van der Waals surface area contributed by atoms with E-state index >= 15 is 0 Å². The molecule has 0 fully saturated rings. The molecular formula is C22H25FN4O. The fraction of sp³-hybridized carbons (Fsp3) is 0.273. The summed E-state index contributed by atoms with van der Waals surface area (Å²) in [5, 5.41) is 11.3. The molecule has 0 unspecified atom stereocenters. The van der Waals surface area contributed by atoms with Gasteiger partial charge in [0.2, 0.25) is 0 Å². The molecule has 0 aliphatic carbocycles.